The summed E-state index contributed by atoms with van der Waals surface area (Å²) in [5, 5.41) is 11.9. The number of nitrogens with one attached hydrogen (secondary N) is 1. The molecule has 0 aliphatic carbocycles. The topological polar surface area (TPSA) is 35.8 Å². The molecule has 1 atom stereocenters. The zero-order valence-electron chi connectivity index (χ0n) is 9.68. The predicted octanol–water partition coefficient (Wildman–Crippen LogP) is 3.24. The van der Waals surface area contributed by atoms with Crippen molar-refractivity contribution in [1.29, 1.82) is 5.26 Å². The van der Waals surface area contributed by atoms with Crippen molar-refractivity contribution < 1.29 is 0 Å². The molecule has 0 radical (unpaired) electrons. The number of hydrogen-bond acceptors (Lipinski definition) is 2. The molecule has 0 saturated heterocycles. The highest BCUT2D eigenvalue weighted by Crippen LogP contribution is 2.06. The van der Waals surface area contributed by atoms with E-state index in [0.717, 1.165) is 13.0 Å². The maximum absolute atomic E-state index is 8.40. The van der Waals surface area contributed by atoms with Gasteiger partial charge in [-0.05, 0) is 25.8 Å². The van der Waals surface area contributed by atoms with Crippen LogP contribution in [0.15, 0.2) is 0 Å². The molecule has 82 valence electrons. The minimum atomic E-state index is 0.679. The molecule has 1 unspecified atom stereocenters. The number of rotatable bonds is 9. The maximum atomic E-state index is 8.40. The van der Waals surface area contributed by atoms with Gasteiger partial charge in [-0.3, -0.25) is 0 Å². The van der Waals surface area contributed by atoms with Gasteiger partial charge in [0, 0.05) is 12.5 Å². The Labute approximate surface area is 88.7 Å². The fourth-order valence-electron chi connectivity index (χ4n) is 1.62. The molecule has 14 heavy (non-hydrogen) atoms. The Balaban J connectivity index is 3.46. The lowest BCUT2D eigenvalue weighted by Gasteiger charge is -2.17. The van der Waals surface area contributed by atoms with Gasteiger partial charge in [-0.1, -0.05) is 33.1 Å². The molecule has 0 fully saturated rings. The van der Waals surface area contributed by atoms with Crippen molar-refractivity contribution >= 4 is 0 Å². The molecule has 0 aliphatic heterocycles. The molecule has 0 aromatic heterocycles. The molecule has 0 aliphatic rings. The van der Waals surface area contributed by atoms with Crippen molar-refractivity contribution in [2.45, 2.75) is 64.8 Å². The smallest absolute Gasteiger partial charge is 0.0622 e. The third kappa shape index (κ3) is 8.07. The molecule has 0 amide bonds. The van der Waals surface area contributed by atoms with E-state index in [1.54, 1.807) is 0 Å². The van der Waals surface area contributed by atoms with E-state index >= 15 is 0 Å². The molecule has 1 N–H and O–H groups in total. The summed E-state index contributed by atoms with van der Waals surface area (Å²) in [4.78, 5) is 0. The zero-order chi connectivity index (χ0) is 10.6. The summed E-state index contributed by atoms with van der Waals surface area (Å²) in [5.41, 5.74) is 0. The van der Waals surface area contributed by atoms with Crippen LogP contribution in [0.25, 0.3) is 0 Å². The lowest BCUT2D eigenvalue weighted by molar-refractivity contribution is 0.433. The highest BCUT2D eigenvalue weighted by molar-refractivity contribution is 4.71. The minimum Gasteiger partial charge on any atom is -0.314 e. The highest BCUT2D eigenvalue weighted by atomic mass is 14.9. The zero-order valence-corrected chi connectivity index (χ0v) is 9.68. The van der Waals surface area contributed by atoms with E-state index in [1.807, 2.05) is 0 Å². The fraction of sp³-hybridized carbons (Fsp3) is 0.917. The molecule has 0 spiro atoms. The third-order valence-corrected chi connectivity index (χ3v) is 2.44. The second-order valence-corrected chi connectivity index (χ2v) is 3.84. The lowest BCUT2D eigenvalue weighted by atomic mass is 10.1. The van der Waals surface area contributed by atoms with Gasteiger partial charge in [0.05, 0.1) is 6.07 Å². The van der Waals surface area contributed by atoms with Gasteiger partial charge in [0.15, 0.2) is 0 Å². The van der Waals surface area contributed by atoms with E-state index in [-0.39, 0.29) is 0 Å². The molecule has 0 aromatic rings. The van der Waals surface area contributed by atoms with E-state index in [9.17, 15) is 0 Å². The summed E-state index contributed by atoms with van der Waals surface area (Å²) in [5.74, 6) is 0. The van der Waals surface area contributed by atoms with Crippen LogP contribution in [0.2, 0.25) is 0 Å². The van der Waals surface area contributed by atoms with Crippen molar-refractivity contribution in [3.63, 3.8) is 0 Å². The van der Waals surface area contributed by atoms with E-state index < -0.39 is 0 Å². The van der Waals surface area contributed by atoms with Crippen LogP contribution < -0.4 is 5.32 Å². The summed E-state index contributed by atoms with van der Waals surface area (Å²) >= 11 is 0. The fourth-order valence-corrected chi connectivity index (χ4v) is 1.62. The Morgan fingerprint density at radius 2 is 1.93 bits per heavy atom. The second kappa shape index (κ2) is 10.5. The van der Waals surface area contributed by atoms with Gasteiger partial charge in [-0.15, -0.1) is 0 Å². The van der Waals surface area contributed by atoms with Crippen LogP contribution in [0.3, 0.4) is 0 Å². The van der Waals surface area contributed by atoms with Crippen LogP contribution in [-0.2, 0) is 0 Å². The standard InChI is InChI=1S/C12H24N2/c1-3-5-9-12(8-4-2)14-11-7-6-10-13/h12,14H,3-9,11H2,1-2H3. The molecule has 2 nitrogen and oxygen atoms in total. The average Bonchev–Trinajstić information content (AvgIpc) is 2.20. The van der Waals surface area contributed by atoms with Gasteiger partial charge in [0.1, 0.15) is 0 Å². The largest absolute Gasteiger partial charge is 0.314 e. The summed E-state index contributed by atoms with van der Waals surface area (Å²) in [6.07, 6.45) is 8.07. The van der Waals surface area contributed by atoms with E-state index in [1.165, 1.54) is 32.1 Å². The summed E-state index contributed by atoms with van der Waals surface area (Å²) < 4.78 is 0. The average molecular weight is 196 g/mol. The minimum absolute atomic E-state index is 0.679. The van der Waals surface area contributed by atoms with Crippen LogP contribution in [0.5, 0.6) is 0 Å². The Hall–Kier alpha value is -0.550. The Morgan fingerprint density at radius 3 is 2.50 bits per heavy atom. The SMILES string of the molecule is CCCCC(CCC)NCCCC#N. The van der Waals surface area contributed by atoms with Gasteiger partial charge < -0.3 is 5.32 Å². The van der Waals surface area contributed by atoms with E-state index in [2.05, 4.69) is 25.2 Å². The number of nitrogens with zero attached hydrogens (tertiary/aromatic N) is 1. The monoisotopic (exact) mass is 196 g/mol. The molecule has 0 aromatic carbocycles. The molecular formula is C12H24N2. The normalized spacial score (nSPS) is 12.4. The third-order valence-electron chi connectivity index (χ3n) is 2.44. The van der Waals surface area contributed by atoms with Gasteiger partial charge in [0.25, 0.3) is 0 Å². The molecule has 0 heterocycles. The van der Waals surface area contributed by atoms with Crippen LogP contribution in [0.4, 0.5) is 0 Å². The molecule has 0 rings (SSSR count). The van der Waals surface area contributed by atoms with E-state index in [0.29, 0.717) is 12.5 Å². The Kier molecular flexibility index (Phi) is 10.1. The maximum Gasteiger partial charge on any atom is 0.0622 e. The highest BCUT2D eigenvalue weighted by Gasteiger charge is 2.04. The number of hydrogen-bond donors (Lipinski definition) is 1. The second-order valence-electron chi connectivity index (χ2n) is 3.84. The first-order valence-corrected chi connectivity index (χ1v) is 5.95. The quantitative estimate of drug-likeness (QED) is 0.575. The van der Waals surface area contributed by atoms with Gasteiger partial charge in [-0.2, -0.15) is 5.26 Å². The van der Waals surface area contributed by atoms with E-state index in [4.69, 9.17) is 5.26 Å². The number of unbranched alkanes of at least 4 members (excludes halogenated alkanes) is 2. The predicted molar refractivity (Wildman–Crippen MR) is 61.1 cm³/mol. The van der Waals surface area contributed by atoms with Crippen LogP contribution in [0, 0.1) is 11.3 Å². The van der Waals surface area contributed by atoms with Crippen LogP contribution in [-0.4, -0.2) is 12.6 Å². The summed E-state index contributed by atoms with van der Waals surface area (Å²) in [6.45, 7) is 5.47. The van der Waals surface area contributed by atoms with Gasteiger partial charge in [-0.25, -0.2) is 0 Å². The van der Waals surface area contributed by atoms with Crippen molar-refractivity contribution in [1.82, 2.24) is 5.32 Å². The first-order chi connectivity index (χ1) is 6.85. The molecule has 0 bridgehead atoms. The van der Waals surface area contributed by atoms with Crippen molar-refractivity contribution in [2.75, 3.05) is 6.54 Å². The van der Waals surface area contributed by atoms with Crippen LogP contribution in [0.1, 0.15) is 58.8 Å². The molecule has 0 saturated carbocycles. The number of nitriles is 1. The van der Waals surface area contributed by atoms with Crippen molar-refractivity contribution in [2.24, 2.45) is 0 Å². The summed E-state index contributed by atoms with van der Waals surface area (Å²) in [6, 6.07) is 2.86. The first kappa shape index (κ1) is 13.4. The molecule has 2 heteroatoms. The Morgan fingerprint density at radius 1 is 1.14 bits per heavy atom. The Bertz CT molecular complexity index is 149. The molecular weight excluding hydrogens is 172 g/mol. The van der Waals surface area contributed by atoms with Crippen molar-refractivity contribution in [3.05, 3.63) is 0 Å². The van der Waals surface area contributed by atoms with Gasteiger partial charge >= 0.3 is 0 Å². The van der Waals surface area contributed by atoms with Gasteiger partial charge in [0.2, 0.25) is 0 Å². The lowest BCUT2D eigenvalue weighted by Crippen LogP contribution is -2.29. The summed E-state index contributed by atoms with van der Waals surface area (Å²) in [7, 11) is 0. The van der Waals surface area contributed by atoms with Crippen LogP contribution >= 0.6 is 0 Å². The first-order valence-electron chi connectivity index (χ1n) is 5.95. The van der Waals surface area contributed by atoms with Crippen molar-refractivity contribution in [3.8, 4) is 6.07 Å².